The van der Waals surface area contributed by atoms with Crippen LogP contribution in [0.3, 0.4) is 0 Å². The molecule has 7 heteroatoms. The number of nitrogens with zero attached hydrogens (tertiary/aromatic N) is 3. The summed E-state index contributed by atoms with van der Waals surface area (Å²) >= 11 is 0. The summed E-state index contributed by atoms with van der Waals surface area (Å²) in [5.74, 6) is -0.0829. The van der Waals surface area contributed by atoms with Gasteiger partial charge < -0.3 is 10.8 Å². The van der Waals surface area contributed by atoms with Gasteiger partial charge in [0.25, 0.3) is 0 Å². The van der Waals surface area contributed by atoms with Crippen molar-refractivity contribution in [1.82, 2.24) is 14.8 Å². The largest absolute Gasteiger partial charge is 0.388 e. The van der Waals surface area contributed by atoms with Gasteiger partial charge in [0.1, 0.15) is 18.8 Å². The van der Waals surface area contributed by atoms with E-state index in [0.29, 0.717) is 5.69 Å². The van der Waals surface area contributed by atoms with Crippen molar-refractivity contribution in [3.05, 3.63) is 41.7 Å². The van der Waals surface area contributed by atoms with E-state index in [1.807, 2.05) is 0 Å². The van der Waals surface area contributed by atoms with Crippen molar-refractivity contribution in [1.29, 1.82) is 0 Å². The van der Waals surface area contributed by atoms with Crippen molar-refractivity contribution in [3.8, 4) is 5.69 Å². The first-order chi connectivity index (χ1) is 7.74. The lowest BCUT2D eigenvalue weighted by molar-refractivity contribution is 0.271. The second-order valence-electron chi connectivity index (χ2n) is 3.24. The van der Waals surface area contributed by atoms with Crippen LogP contribution in [0.15, 0.2) is 24.5 Å². The highest BCUT2D eigenvalue weighted by Crippen LogP contribution is 2.14. The molecule has 3 N–H and O–H groups in total. The third kappa shape index (κ3) is 2.79. The van der Waals surface area contributed by atoms with E-state index in [-0.39, 0.29) is 37.2 Å². The Morgan fingerprint density at radius 3 is 2.76 bits per heavy atom. The fourth-order valence-corrected chi connectivity index (χ4v) is 1.41. The normalized spacial score (nSPS) is 10.1. The monoisotopic (exact) mass is 258 g/mol. The molecule has 0 amide bonds. The topological polar surface area (TPSA) is 77.0 Å². The molecule has 1 aromatic carbocycles. The van der Waals surface area contributed by atoms with Crippen LogP contribution in [0.2, 0.25) is 0 Å². The Kier molecular flexibility index (Phi) is 4.56. The van der Waals surface area contributed by atoms with E-state index in [9.17, 15) is 4.39 Å². The van der Waals surface area contributed by atoms with Crippen molar-refractivity contribution in [2.75, 3.05) is 0 Å². The molecule has 2 aromatic rings. The van der Waals surface area contributed by atoms with Gasteiger partial charge in [-0.2, -0.15) is 0 Å². The van der Waals surface area contributed by atoms with Gasteiger partial charge >= 0.3 is 0 Å². The number of nitrogens with two attached hydrogens (primary N) is 1. The van der Waals surface area contributed by atoms with E-state index in [0.717, 1.165) is 5.56 Å². The quantitative estimate of drug-likeness (QED) is 0.853. The van der Waals surface area contributed by atoms with Crippen LogP contribution in [-0.4, -0.2) is 19.9 Å². The third-order valence-electron chi connectivity index (χ3n) is 2.19. The minimum Gasteiger partial charge on any atom is -0.388 e. The van der Waals surface area contributed by atoms with Crippen molar-refractivity contribution in [3.63, 3.8) is 0 Å². The minimum atomic E-state index is -0.367. The van der Waals surface area contributed by atoms with E-state index in [1.165, 1.54) is 23.1 Å². The van der Waals surface area contributed by atoms with Crippen LogP contribution >= 0.6 is 12.4 Å². The zero-order valence-corrected chi connectivity index (χ0v) is 9.69. The number of aromatic nitrogens is 3. The van der Waals surface area contributed by atoms with Crippen molar-refractivity contribution in [2.24, 2.45) is 5.73 Å². The van der Waals surface area contributed by atoms with Gasteiger partial charge in [0, 0.05) is 6.54 Å². The van der Waals surface area contributed by atoms with Crippen molar-refractivity contribution >= 4 is 12.4 Å². The third-order valence-corrected chi connectivity index (χ3v) is 2.19. The van der Waals surface area contributed by atoms with Crippen LogP contribution in [0.1, 0.15) is 11.4 Å². The zero-order chi connectivity index (χ0) is 11.5. The van der Waals surface area contributed by atoms with Gasteiger partial charge in [-0.25, -0.2) is 14.1 Å². The van der Waals surface area contributed by atoms with Crippen LogP contribution in [0.25, 0.3) is 5.69 Å². The zero-order valence-electron chi connectivity index (χ0n) is 8.88. The molecule has 0 spiro atoms. The van der Waals surface area contributed by atoms with Crippen LogP contribution in [0.4, 0.5) is 4.39 Å². The fraction of sp³-hybridized carbons (Fsp3) is 0.200. The Morgan fingerprint density at radius 2 is 2.18 bits per heavy atom. The first-order valence-electron chi connectivity index (χ1n) is 4.75. The van der Waals surface area contributed by atoms with Gasteiger partial charge in [0.15, 0.2) is 5.82 Å². The van der Waals surface area contributed by atoms with Gasteiger partial charge in [-0.05, 0) is 17.7 Å². The standard InChI is InChI=1S/C10H11FN4O.ClH/c11-8-2-1-7(4-12)9(3-8)15-6-13-10(5-16)14-15;/h1-3,6,16H,4-5,12H2;1H. The highest BCUT2D eigenvalue weighted by Gasteiger charge is 2.07. The van der Waals surface area contributed by atoms with Crippen LogP contribution in [-0.2, 0) is 13.2 Å². The Bertz CT molecular complexity index is 503. The second kappa shape index (κ2) is 5.72. The van der Waals surface area contributed by atoms with Crippen molar-refractivity contribution in [2.45, 2.75) is 13.2 Å². The van der Waals surface area contributed by atoms with E-state index in [1.54, 1.807) is 6.07 Å². The summed E-state index contributed by atoms with van der Waals surface area (Å²) < 4.78 is 14.5. The van der Waals surface area contributed by atoms with Gasteiger partial charge in [-0.3, -0.25) is 0 Å². The molecule has 0 saturated carbocycles. The fourth-order valence-electron chi connectivity index (χ4n) is 1.41. The predicted molar refractivity (Wildman–Crippen MR) is 62.4 cm³/mol. The number of aliphatic hydroxyl groups excluding tert-OH is 1. The Morgan fingerprint density at radius 1 is 1.41 bits per heavy atom. The molecule has 1 heterocycles. The molecule has 5 nitrogen and oxygen atoms in total. The lowest BCUT2D eigenvalue weighted by Gasteiger charge is -2.06. The minimum absolute atomic E-state index is 0. The molecule has 0 radical (unpaired) electrons. The number of benzene rings is 1. The van der Waals surface area contributed by atoms with E-state index < -0.39 is 0 Å². The molecule has 17 heavy (non-hydrogen) atoms. The van der Waals surface area contributed by atoms with E-state index in [2.05, 4.69) is 10.1 Å². The summed E-state index contributed by atoms with van der Waals surface area (Å²) in [7, 11) is 0. The summed E-state index contributed by atoms with van der Waals surface area (Å²) in [6.45, 7) is 0.0320. The lowest BCUT2D eigenvalue weighted by Crippen LogP contribution is -2.06. The SMILES string of the molecule is Cl.NCc1ccc(F)cc1-n1cnc(CO)n1. The van der Waals surface area contributed by atoms with Crippen LogP contribution in [0, 0.1) is 5.82 Å². The molecule has 0 fully saturated rings. The first-order valence-corrected chi connectivity index (χ1v) is 4.75. The average Bonchev–Trinajstić information content (AvgIpc) is 2.77. The Hall–Kier alpha value is -1.50. The van der Waals surface area contributed by atoms with E-state index in [4.69, 9.17) is 10.8 Å². The highest BCUT2D eigenvalue weighted by atomic mass is 35.5. The molecule has 0 unspecified atom stereocenters. The molecule has 0 bridgehead atoms. The number of aliphatic hydroxyl groups is 1. The van der Waals surface area contributed by atoms with Gasteiger partial charge in [0.2, 0.25) is 0 Å². The smallest absolute Gasteiger partial charge is 0.176 e. The summed E-state index contributed by atoms with van der Waals surface area (Å²) in [5.41, 5.74) is 6.84. The van der Waals surface area contributed by atoms with Gasteiger partial charge in [-0.15, -0.1) is 17.5 Å². The Labute approximate surface area is 103 Å². The molecular weight excluding hydrogens is 247 g/mol. The maximum absolute atomic E-state index is 13.1. The summed E-state index contributed by atoms with van der Waals surface area (Å²) in [5, 5.41) is 12.8. The highest BCUT2D eigenvalue weighted by molar-refractivity contribution is 5.85. The van der Waals surface area contributed by atoms with E-state index >= 15 is 0 Å². The molecular formula is C10H12ClFN4O. The van der Waals surface area contributed by atoms with Gasteiger partial charge in [0.05, 0.1) is 5.69 Å². The molecule has 0 atom stereocenters. The molecule has 0 aliphatic carbocycles. The lowest BCUT2D eigenvalue weighted by atomic mass is 10.2. The average molecular weight is 259 g/mol. The molecule has 1 aromatic heterocycles. The summed E-state index contributed by atoms with van der Waals surface area (Å²) in [4.78, 5) is 3.85. The summed E-state index contributed by atoms with van der Waals surface area (Å²) in [6.07, 6.45) is 1.42. The van der Waals surface area contributed by atoms with Crippen LogP contribution < -0.4 is 5.73 Å². The molecule has 0 saturated heterocycles. The van der Waals surface area contributed by atoms with Gasteiger partial charge in [-0.1, -0.05) is 6.07 Å². The number of hydrogen-bond donors (Lipinski definition) is 2. The molecule has 92 valence electrons. The first kappa shape index (κ1) is 13.6. The van der Waals surface area contributed by atoms with Crippen molar-refractivity contribution < 1.29 is 9.50 Å². The number of hydrogen-bond acceptors (Lipinski definition) is 4. The summed E-state index contributed by atoms with van der Waals surface area (Å²) in [6, 6.07) is 4.28. The number of rotatable bonds is 3. The van der Waals surface area contributed by atoms with Crippen LogP contribution in [0.5, 0.6) is 0 Å². The predicted octanol–water partition coefficient (Wildman–Crippen LogP) is 0.779. The maximum Gasteiger partial charge on any atom is 0.176 e. The number of halogens is 2. The molecule has 2 rings (SSSR count). The molecule has 0 aliphatic heterocycles. The maximum atomic E-state index is 13.1. The second-order valence-corrected chi connectivity index (χ2v) is 3.24. The molecule has 0 aliphatic rings. The Balaban J connectivity index is 0.00000144.